The lowest BCUT2D eigenvalue weighted by Gasteiger charge is -2.34. The van der Waals surface area contributed by atoms with E-state index in [1.807, 2.05) is 27.7 Å². The molecule has 0 aliphatic heterocycles. The second kappa shape index (κ2) is 6.69. The first-order valence-corrected chi connectivity index (χ1v) is 6.87. The number of aliphatic hydroxyl groups is 1. The Morgan fingerprint density at radius 1 is 1.37 bits per heavy atom. The van der Waals surface area contributed by atoms with E-state index in [0.29, 0.717) is 18.6 Å². The minimum Gasteiger partial charge on any atom is -0.390 e. The van der Waals surface area contributed by atoms with Gasteiger partial charge in [0.2, 0.25) is 0 Å². The van der Waals surface area contributed by atoms with Crippen LogP contribution in [0.5, 0.6) is 0 Å². The zero-order valence-corrected chi connectivity index (χ0v) is 12.7. The summed E-state index contributed by atoms with van der Waals surface area (Å²) in [5.74, 6) is -0.463. The molecule has 19 heavy (non-hydrogen) atoms. The van der Waals surface area contributed by atoms with Gasteiger partial charge < -0.3 is 9.84 Å². The maximum absolute atomic E-state index is 13.4. The Morgan fingerprint density at radius 3 is 2.47 bits per heavy atom. The molecule has 4 heteroatoms. The summed E-state index contributed by atoms with van der Waals surface area (Å²) in [7, 11) is 0. The minimum atomic E-state index is -0.680. The van der Waals surface area contributed by atoms with Gasteiger partial charge in [-0.25, -0.2) is 4.39 Å². The van der Waals surface area contributed by atoms with Gasteiger partial charge in [0.05, 0.1) is 17.2 Å². The number of aliphatic hydroxyl groups excluding tert-OH is 1. The van der Waals surface area contributed by atoms with E-state index in [2.05, 4.69) is 0 Å². The first-order chi connectivity index (χ1) is 8.75. The summed E-state index contributed by atoms with van der Waals surface area (Å²) in [5, 5.41) is 10.4. The highest BCUT2D eigenvalue weighted by atomic mass is 35.5. The van der Waals surface area contributed by atoms with Crippen LogP contribution in [-0.2, 0) is 11.2 Å². The van der Waals surface area contributed by atoms with E-state index < -0.39 is 11.9 Å². The average Bonchev–Trinajstić information content (AvgIpc) is 2.29. The predicted octanol–water partition coefficient (Wildman–Crippen LogP) is 3.83. The highest BCUT2D eigenvalue weighted by molar-refractivity contribution is 6.30. The van der Waals surface area contributed by atoms with Crippen molar-refractivity contribution in [1.82, 2.24) is 0 Å². The van der Waals surface area contributed by atoms with Gasteiger partial charge in [-0.1, -0.05) is 38.4 Å². The predicted molar refractivity (Wildman–Crippen MR) is 76.0 cm³/mol. The first-order valence-electron chi connectivity index (χ1n) is 6.49. The zero-order valence-electron chi connectivity index (χ0n) is 11.9. The Balaban J connectivity index is 2.81. The SMILES string of the molecule is CCOC(C(O)Cc1ccc(Cl)c(F)c1)C(C)(C)C. The quantitative estimate of drug-likeness (QED) is 0.892. The largest absolute Gasteiger partial charge is 0.390 e. The summed E-state index contributed by atoms with van der Waals surface area (Å²) in [4.78, 5) is 0. The summed E-state index contributed by atoms with van der Waals surface area (Å²) in [6.45, 7) is 8.47. The van der Waals surface area contributed by atoms with Crippen LogP contribution in [0.25, 0.3) is 0 Å². The first kappa shape index (κ1) is 16.4. The molecule has 1 rings (SSSR count). The summed E-state index contributed by atoms with van der Waals surface area (Å²) < 4.78 is 19.0. The summed E-state index contributed by atoms with van der Waals surface area (Å²) in [5.41, 5.74) is 0.531. The van der Waals surface area contributed by atoms with Gasteiger partial charge >= 0.3 is 0 Å². The standard InChI is InChI=1S/C15H22ClFO2/c1-5-19-14(15(2,3)4)13(18)9-10-6-7-11(16)12(17)8-10/h6-8,13-14,18H,5,9H2,1-4H3. The molecule has 0 aliphatic carbocycles. The van der Waals surface area contributed by atoms with E-state index in [-0.39, 0.29) is 16.5 Å². The van der Waals surface area contributed by atoms with E-state index in [0.717, 1.165) is 0 Å². The molecule has 0 saturated carbocycles. The number of halogens is 2. The van der Waals surface area contributed by atoms with E-state index in [4.69, 9.17) is 16.3 Å². The lowest BCUT2D eigenvalue weighted by molar-refractivity contribution is -0.0873. The summed E-state index contributed by atoms with van der Waals surface area (Å²) in [6.07, 6.45) is -0.632. The smallest absolute Gasteiger partial charge is 0.142 e. The number of hydrogen-bond donors (Lipinski definition) is 1. The van der Waals surface area contributed by atoms with Crippen LogP contribution in [0.1, 0.15) is 33.3 Å². The van der Waals surface area contributed by atoms with Crippen LogP contribution in [0.15, 0.2) is 18.2 Å². The molecule has 108 valence electrons. The molecular weight excluding hydrogens is 267 g/mol. The number of hydrogen-bond acceptors (Lipinski definition) is 2. The molecule has 0 saturated heterocycles. The Labute approximate surface area is 119 Å². The van der Waals surface area contributed by atoms with Crippen molar-refractivity contribution in [3.63, 3.8) is 0 Å². The molecule has 2 unspecified atom stereocenters. The van der Waals surface area contributed by atoms with Crippen LogP contribution in [0.2, 0.25) is 5.02 Å². The van der Waals surface area contributed by atoms with E-state index in [9.17, 15) is 9.50 Å². The van der Waals surface area contributed by atoms with Crippen LogP contribution in [0.4, 0.5) is 4.39 Å². The van der Waals surface area contributed by atoms with Crippen molar-refractivity contribution in [2.45, 2.75) is 46.3 Å². The van der Waals surface area contributed by atoms with E-state index >= 15 is 0 Å². The van der Waals surface area contributed by atoms with Crippen LogP contribution >= 0.6 is 11.6 Å². The third kappa shape index (κ3) is 4.75. The molecule has 1 aromatic carbocycles. The lowest BCUT2D eigenvalue weighted by Crippen LogP contribution is -2.41. The summed E-state index contributed by atoms with van der Waals surface area (Å²) >= 11 is 5.64. The van der Waals surface area contributed by atoms with Crippen molar-refractivity contribution in [2.24, 2.45) is 5.41 Å². The molecule has 2 atom stereocenters. The third-order valence-electron chi connectivity index (χ3n) is 2.98. The Morgan fingerprint density at radius 2 is 2.00 bits per heavy atom. The van der Waals surface area contributed by atoms with Gasteiger partial charge in [0.15, 0.2) is 0 Å². The topological polar surface area (TPSA) is 29.5 Å². The molecule has 0 radical (unpaired) electrons. The molecule has 0 spiro atoms. The molecule has 0 bridgehead atoms. The van der Waals surface area contributed by atoms with E-state index in [1.165, 1.54) is 12.1 Å². The van der Waals surface area contributed by atoms with Crippen molar-refractivity contribution in [3.05, 3.63) is 34.6 Å². The molecule has 0 heterocycles. The van der Waals surface area contributed by atoms with Crippen molar-refractivity contribution in [1.29, 1.82) is 0 Å². The van der Waals surface area contributed by atoms with Gasteiger partial charge in [0, 0.05) is 13.0 Å². The minimum absolute atomic E-state index is 0.0930. The van der Waals surface area contributed by atoms with Gasteiger partial charge in [0.1, 0.15) is 5.82 Å². The van der Waals surface area contributed by atoms with Crippen molar-refractivity contribution in [2.75, 3.05) is 6.61 Å². The monoisotopic (exact) mass is 288 g/mol. The normalized spacial score (nSPS) is 15.3. The number of rotatable bonds is 5. The third-order valence-corrected chi connectivity index (χ3v) is 3.28. The maximum atomic E-state index is 13.4. The molecule has 2 nitrogen and oxygen atoms in total. The molecular formula is C15H22ClFO2. The molecule has 0 fully saturated rings. The van der Waals surface area contributed by atoms with Gasteiger partial charge in [-0.05, 0) is 30.0 Å². The number of benzene rings is 1. The van der Waals surface area contributed by atoms with Gasteiger partial charge in [-0.15, -0.1) is 0 Å². The Hall–Kier alpha value is -0.640. The molecule has 1 N–H and O–H groups in total. The zero-order chi connectivity index (χ0) is 14.6. The molecule has 0 amide bonds. The average molecular weight is 289 g/mol. The number of ether oxygens (including phenoxy) is 1. The van der Waals surface area contributed by atoms with E-state index in [1.54, 1.807) is 6.07 Å². The van der Waals surface area contributed by atoms with Crippen molar-refractivity contribution >= 4 is 11.6 Å². The lowest BCUT2D eigenvalue weighted by atomic mass is 9.83. The second-order valence-corrected chi connectivity index (χ2v) is 6.17. The van der Waals surface area contributed by atoms with Gasteiger partial charge in [-0.2, -0.15) is 0 Å². The van der Waals surface area contributed by atoms with Gasteiger partial charge in [-0.3, -0.25) is 0 Å². The summed E-state index contributed by atoms with van der Waals surface area (Å²) in [6, 6.07) is 4.59. The molecule has 1 aromatic rings. The van der Waals surface area contributed by atoms with Crippen molar-refractivity contribution < 1.29 is 14.2 Å². The highest BCUT2D eigenvalue weighted by Gasteiger charge is 2.31. The second-order valence-electron chi connectivity index (χ2n) is 5.76. The Bertz CT molecular complexity index is 415. The van der Waals surface area contributed by atoms with Crippen LogP contribution in [0, 0.1) is 11.2 Å². The fourth-order valence-corrected chi connectivity index (χ4v) is 2.25. The van der Waals surface area contributed by atoms with Crippen LogP contribution in [0.3, 0.4) is 0 Å². The highest BCUT2D eigenvalue weighted by Crippen LogP contribution is 2.27. The fraction of sp³-hybridized carbons (Fsp3) is 0.600. The van der Waals surface area contributed by atoms with Crippen molar-refractivity contribution in [3.8, 4) is 0 Å². The molecule has 0 aromatic heterocycles. The van der Waals surface area contributed by atoms with Crippen LogP contribution in [-0.4, -0.2) is 23.9 Å². The fourth-order valence-electron chi connectivity index (χ4n) is 2.13. The van der Waals surface area contributed by atoms with Crippen LogP contribution < -0.4 is 0 Å². The Kier molecular flexibility index (Phi) is 5.78. The maximum Gasteiger partial charge on any atom is 0.142 e. The molecule has 0 aliphatic rings. The van der Waals surface area contributed by atoms with Gasteiger partial charge in [0.25, 0.3) is 0 Å².